The van der Waals surface area contributed by atoms with Gasteiger partial charge >= 0.3 is 0 Å². The third-order valence-electron chi connectivity index (χ3n) is 2.64. The Morgan fingerprint density at radius 3 is 2.50 bits per heavy atom. The molecule has 0 aliphatic heterocycles. The molecule has 0 radical (unpaired) electrons. The lowest BCUT2D eigenvalue weighted by Crippen LogP contribution is -2.43. The molecule has 0 aliphatic rings. The SMILES string of the molecule is COC[C@@H](C)NC(=O)CN(C)S(=O)(=O)c1ccccc1. The zero-order valence-corrected chi connectivity index (χ0v) is 12.7. The Hall–Kier alpha value is -1.44. The number of likely N-dealkylation sites (N-methyl/N-ethyl adjacent to an activating group) is 1. The van der Waals surface area contributed by atoms with Crippen molar-refractivity contribution in [2.24, 2.45) is 0 Å². The van der Waals surface area contributed by atoms with Gasteiger partial charge in [-0.05, 0) is 19.1 Å². The van der Waals surface area contributed by atoms with Crippen LogP contribution in [-0.2, 0) is 19.6 Å². The number of benzene rings is 1. The van der Waals surface area contributed by atoms with Crippen LogP contribution in [0.4, 0.5) is 0 Å². The quantitative estimate of drug-likeness (QED) is 0.793. The summed E-state index contributed by atoms with van der Waals surface area (Å²) in [6, 6.07) is 7.84. The van der Waals surface area contributed by atoms with E-state index in [0.29, 0.717) is 6.61 Å². The van der Waals surface area contributed by atoms with E-state index in [-0.39, 0.29) is 23.4 Å². The van der Waals surface area contributed by atoms with E-state index in [0.717, 1.165) is 4.31 Å². The van der Waals surface area contributed by atoms with Gasteiger partial charge < -0.3 is 10.1 Å². The normalized spacial score (nSPS) is 13.2. The molecule has 112 valence electrons. The molecular formula is C13H20N2O4S. The second kappa shape index (κ2) is 7.37. The predicted octanol–water partition coefficient (Wildman–Crippen LogP) is 0.458. The second-order valence-electron chi connectivity index (χ2n) is 4.50. The Morgan fingerprint density at radius 1 is 1.35 bits per heavy atom. The molecule has 0 spiro atoms. The molecule has 7 heteroatoms. The molecule has 1 aromatic rings. The van der Waals surface area contributed by atoms with Gasteiger partial charge in [0.25, 0.3) is 0 Å². The predicted molar refractivity (Wildman–Crippen MR) is 75.7 cm³/mol. The van der Waals surface area contributed by atoms with E-state index in [1.165, 1.54) is 26.3 Å². The number of nitrogens with zero attached hydrogens (tertiary/aromatic N) is 1. The van der Waals surface area contributed by atoms with Crippen molar-refractivity contribution in [3.63, 3.8) is 0 Å². The number of sulfonamides is 1. The number of nitrogens with one attached hydrogen (secondary N) is 1. The maximum Gasteiger partial charge on any atom is 0.243 e. The topological polar surface area (TPSA) is 75.7 Å². The maximum atomic E-state index is 12.2. The molecule has 1 atom stereocenters. The summed E-state index contributed by atoms with van der Waals surface area (Å²) in [5.74, 6) is -0.364. The lowest BCUT2D eigenvalue weighted by atomic mass is 10.3. The Bertz CT molecular complexity index is 531. The largest absolute Gasteiger partial charge is 0.383 e. The summed E-state index contributed by atoms with van der Waals surface area (Å²) < 4.78 is 30.3. The zero-order chi connectivity index (χ0) is 15.2. The van der Waals surface area contributed by atoms with E-state index < -0.39 is 10.0 Å². The van der Waals surface area contributed by atoms with E-state index in [1.54, 1.807) is 25.1 Å². The van der Waals surface area contributed by atoms with Crippen LogP contribution in [-0.4, -0.2) is 52.0 Å². The number of carbonyl (C=O) groups is 1. The molecule has 0 unspecified atom stereocenters. The van der Waals surface area contributed by atoms with Crippen LogP contribution >= 0.6 is 0 Å². The third-order valence-corrected chi connectivity index (χ3v) is 4.46. The minimum absolute atomic E-state index is 0.166. The molecule has 0 aromatic heterocycles. The van der Waals surface area contributed by atoms with Crippen molar-refractivity contribution in [1.82, 2.24) is 9.62 Å². The first-order valence-corrected chi connectivity index (χ1v) is 7.61. The summed E-state index contributed by atoms with van der Waals surface area (Å²) in [6.45, 7) is 1.93. The standard InChI is InChI=1S/C13H20N2O4S/c1-11(10-19-3)14-13(16)9-15(2)20(17,18)12-7-5-4-6-8-12/h4-8,11H,9-10H2,1-3H3,(H,14,16)/t11-/m1/s1. The summed E-state index contributed by atoms with van der Waals surface area (Å²) >= 11 is 0. The van der Waals surface area contributed by atoms with E-state index in [2.05, 4.69) is 5.32 Å². The Kier molecular flexibility index (Phi) is 6.12. The molecule has 0 fully saturated rings. The van der Waals surface area contributed by atoms with Crippen LogP contribution in [0.25, 0.3) is 0 Å². The first-order chi connectivity index (χ1) is 9.37. The average molecular weight is 300 g/mol. The Labute approximate surface area is 119 Å². The number of hydrogen-bond acceptors (Lipinski definition) is 4. The molecule has 20 heavy (non-hydrogen) atoms. The highest BCUT2D eigenvalue weighted by molar-refractivity contribution is 7.89. The van der Waals surface area contributed by atoms with E-state index in [9.17, 15) is 13.2 Å². The number of ether oxygens (including phenoxy) is 1. The van der Waals surface area contributed by atoms with Gasteiger partial charge in [0, 0.05) is 20.2 Å². The number of hydrogen-bond donors (Lipinski definition) is 1. The van der Waals surface area contributed by atoms with Crippen LogP contribution in [0.1, 0.15) is 6.92 Å². The molecular weight excluding hydrogens is 280 g/mol. The highest BCUT2D eigenvalue weighted by Gasteiger charge is 2.22. The summed E-state index contributed by atoms with van der Waals surface area (Å²) in [5.41, 5.74) is 0. The number of rotatable bonds is 7. The van der Waals surface area contributed by atoms with Gasteiger partial charge in [-0.1, -0.05) is 18.2 Å². The molecule has 1 rings (SSSR count). The van der Waals surface area contributed by atoms with Crippen molar-refractivity contribution >= 4 is 15.9 Å². The zero-order valence-electron chi connectivity index (χ0n) is 11.9. The number of methoxy groups -OCH3 is 1. The summed E-state index contributed by atoms with van der Waals surface area (Å²) in [7, 11) is -0.727. The number of carbonyl (C=O) groups excluding carboxylic acids is 1. The van der Waals surface area contributed by atoms with Crippen LogP contribution in [0.5, 0.6) is 0 Å². The fourth-order valence-electron chi connectivity index (χ4n) is 1.67. The second-order valence-corrected chi connectivity index (χ2v) is 6.54. The summed E-state index contributed by atoms with van der Waals surface area (Å²) in [6.07, 6.45) is 0. The van der Waals surface area contributed by atoms with Gasteiger partial charge in [0.05, 0.1) is 18.0 Å². The molecule has 0 bridgehead atoms. The maximum absolute atomic E-state index is 12.2. The fraction of sp³-hybridized carbons (Fsp3) is 0.462. The van der Waals surface area contributed by atoms with E-state index in [1.807, 2.05) is 0 Å². The fourth-order valence-corrected chi connectivity index (χ4v) is 2.82. The van der Waals surface area contributed by atoms with Gasteiger partial charge in [-0.2, -0.15) is 4.31 Å². The van der Waals surface area contributed by atoms with Gasteiger partial charge in [-0.3, -0.25) is 4.79 Å². The highest BCUT2D eigenvalue weighted by atomic mass is 32.2. The molecule has 1 amide bonds. The van der Waals surface area contributed by atoms with Crippen LogP contribution in [0, 0.1) is 0 Å². The molecule has 6 nitrogen and oxygen atoms in total. The van der Waals surface area contributed by atoms with E-state index in [4.69, 9.17) is 4.74 Å². The molecule has 0 saturated carbocycles. The van der Waals surface area contributed by atoms with Crippen molar-refractivity contribution in [3.8, 4) is 0 Å². The van der Waals surface area contributed by atoms with Gasteiger partial charge in [0.1, 0.15) is 0 Å². The average Bonchev–Trinajstić information content (AvgIpc) is 2.39. The van der Waals surface area contributed by atoms with Gasteiger partial charge in [0.15, 0.2) is 0 Å². The van der Waals surface area contributed by atoms with E-state index >= 15 is 0 Å². The Balaban J connectivity index is 2.67. The van der Waals surface area contributed by atoms with Crippen molar-refractivity contribution in [2.45, 2.75) is 17.9 Å². The van der Waals surface area contributed by atoms with Crippen molar-refractivity contribution < 1.29 is 17.9 Å². The van der Waals surface area contributed by atoms with Crippen LogP contribution in [0.15, 0.2) is 35.2 Å². The smallest absolute Gasteiger partial charge is 0.243 e. The molecule has 0 saturated heterocycles. The van der Waals surface area contributed by atoms with Gasteiger partial charge in [-0.25, -0.2) is 8.42 Å². The third kappa shape index (κ3) is 4.59. The van der Waals surface area contributed by atoms with Crippen molar-refractivity contribution in [3.05, 3.63) is 30.3 Å². The monoisotopic (exact) mass is 300 g/mol. The first kappa shape index (κ1) is 16.6. The molecule has 0 aliphatic carbocycles. The Morgan fingerprint density at radius 2 is 1.95 bits per heavy atom. The van der Waals surface area contributed by atoms with Crippen LogP contribution in [0.3, 0.4) is 0 Å². The lowest BCUT2D eigenvalue weighted by molar-refractivity contribution is -0.122. The van der Waals surface area contributed by atoms with Crippen LogP contribution in [0.2, 0.25) is 0 Å². The van der Waals surface area contributed by atoms with Gasteiger partial charge in [-0.15, -0.1) is 0 Å². The summed E-state index contributed by atoms with van der Waals surface area (Å²) in [4.78, 5) is 11.9. The summed E-state index contributed by atoms with van der Waals surface area (Å²) in [5, 5.41) is 2.67. The van der Waals surface area contributed by atoms with Crippen molar-refractivity contribution in [1.29, 1.82) is 0 Å². The van der Waals surface area contributed by atoms with Crippen LogP contribution < -0.4 is 5.32 Å². The number of amides is 1. The first-order valence-electron chi connectivity index (χ1n) is 6.17. The minimum Gasteiger partial charge on any atom is -0.383 e. The minimum atomic E-state index is -3.64. The lowest BCUT2D eigenvalue weighted by Gasteiger charge is -2.18. The van der Waals surface area contributed by atoms with Crippen molar-refractivity contribution in [2.75, 3.05) is 27.3 Å². The molecule has 1 aromatic carbocycles. The molecule has 0 heterocycles. The van der Waals surface area contributed by atoms with Gasteiger partial charge in [0.2, 0.25) is 15.9 Å². The molecule has 1 N–H and O–H groups in total. The highest BCUT2D eigenvalue weighted by Crippen LogP contribution is 2.12.